The zero-order chi connectivity index (χ0) is 13.1. The van der Waals surface area contributed by atoms with E-state index in [1.165, 1.54) is 12.1 Å². The highest BCUT2D eigenvalue weighted by atomic mass is 16.6. The van der Waals surface area contributed by atoms with Crippen molar-refractivity contribution in [3.8, 4) is 6.07 Å². The lowest BCUT2D eigenvalue weighted by atomic mass is 10.2. The monoisotopic (exact) mass is 243 g/mol. The number of aryl methyl sites for hydroxylation is 1. The molecule has 2 aromatic rings. The molecule has 0 bridgehead atoms. The van der Waals surface area contributed by atoms with Crippen molar-refractivity contribution in [1.29, 1.82) is 5.26 Å². The fourth-order valence-corrected chi connectivity index (χ4v) is 1.51. The highest BCUT2D eigenvalue weighted by Crippen LogP contribution is 2.24. The molecule has 0 saturated carbocycles. The highest BCUT2D eigenvalue weighted by Gasteiger charge is 2.14. The maximum Gasteiger partial charge on any atom is 0.289 e. The van der Waals surface area contributed by atoms with Gasteiger partial charge in [-0.05, 0) is 12.1 Å². The van der Waals surface area contributed by atoms with E-state index >= 15 is 0 Å². The Labute approximate surface area is 102 Å². The second-order valence-corrected chi connectivity index (χ2v) is 3.63. The summed E-state index contributed by atoms with van der Waals surface area (Å²) in [6, 6.07) is 6.13. The molecule has 1 aromatic carbocycles. The number of nitro benzene ring substituents is 1. The molecule has 0 aliphatic carbocycles. The van der Waals surface area contributed by atoms with Crippen molar-refractivity contribution in [3.63, 3.8) is 0 Å². The van der Waals surface area contributed by atoms with Crippen LogP contribution in [0.3, 0.4) is 0 Å². The highest BCUT2D eigenvalue weighted by molar-refractivity contribution is 5.64. The molecule has 0 fully saturated rings. The molecule has 1 aromatic heterocycles. The first kappa shape index (κ1) is 11.6. The van der Waals surface area contributed by atoms with Crippen LogP contribution in [-0.2, 0) is 7.05 Å². The van der Waals surface area contributed by atoms with Gasteiger partial charge in [-0.2, -0.15) is 10.4 Å². The third kappa shape index (κ3) is 2.27. The predicted molar refractivity (Wildman–Crippen MR) is 64.3 cm³/mol. The van der Waals surface area contributed by atoms with Gasteiger partial charge in [0, 0.05) is 25.0 Å². The number of nitriles is 1. The molecule has 18 heavy (non-hydrogen) atoms. The summed E-state index contributed by atoms with van der Waals surface area (Å²) in [6.07, 6.45) is 3.34. The summed E-state index contributed by atoms with van der Waals surface area (Å²) in [4.78, 5) is 10.2. The summed E-state index contributed by atoms with van der Waals surface area (Å²) in [7, 11) is 1.77. The van der Waals surface area contributed by atoms with Crippen LogP contribution in [-0.4, -0.2) is 14.7 Å². The van der Waals surface area contributed by atoms with Crippen LogP contribution in [0.4, 0.5) is 17.1 Å². The molecular weight excluding hydrogens is 234 g/mol. The minimum atomic E-state index is -0.576. The first-order valence-electron chi connectivity index (χ1n) is 5.04. The van der Waals surface area contributed by atoms with E-state index in [9.17, 15) is 10.1 Å². The second kappa shape index (κ2) is 4.55. The maximum absolute atomic E-state index is 10.8. The quantitative estimate of drug-likeness (QED) is 0.656. The Balaban J connectivity index is 2.33. The fraction of sp³-hybridized carbons (Fsp3) is 0.0909. The molecule has 7 nitrogen and oxygen atoms in total. The number of nitrogens with one attached hydrogen (secondary N) is 1. The minimum Gasteiger partial charge on any atom is -0.353 e. The van der Waals surface area contributed by atoms with Crippen LogP contribution in [0.15, 0.2) is 30.6 Å². The average molecular weight is 243 g/mol. The Morgan fingerprint density at radius 3 is 2.83 bits per heavy atom. The third-order valence-corrected chi connectivity index (χ3v) is 2.31. The third-order valence-electron chi connectivity index (χ3n) is 2.31. The van der Waals surface area contributed by atoms with Gasteiger partial charge in [0.05, 0.1) is 16.8 Å². The zero-order valence-corrected chi connectivity index (χ0v) is 9.49. The summed E-state index contributed by atoms with van der Waals surface area (Å²) >= 11 is 0. The molecule has 1 heterocycles. The Morgan fingerprint density at radius 2 is 2.28 bits per heavy atom. The van der Waals surface area contributed by atoms with E-state index in [1.807, 2.05) is 0 Å². The summed E-state index contributed by atoms with van der Waals surface area (Å²) in [5, 5.41) is 26.5. The number of anilines is 2. The summed E-state index contributed by atoms with van der Waals surface area (Å²) in [5.74, 6) is 0. The van der Waals surface area contributed by atoms with Gasteiger partial charge in [-0.1, -0.05) is 0 Å². The van der Waals surface area contributed by atoms with E-state index in [2.05, 4.69) is 10.4 Å². The minimum absolute atomic E-state index is 0.0386. The van der Waals surface area contributed by atoms with Crippen molar-refractivity contribution in [3.05, 3.63) is 46.3 Å². The van der Waals surface area contributed by atoms with Crippen LogP contribution in [0, 0.1) is 21.4 Å². The fourth-order valence-electron chi connectivity index (χ4n) is 1.51. The lowest BCUT2D eigenvalue weighted by molar-refractivity contribution is -0.385. The number of hydrogen-bond acceptors (Lipinski definition) is 5. The van der Waals surface area contributed by atoms with Crippen molar-refractivity contribution in [2.75, 3.05) is 5.32 Å². The second-order valence-electron chi connectivity index (χ2n) is 3.63. The van der Waals surface area contributed by atoms with Crippen molar-refractivity contribution >= 4 is 17.1 Å². The van der Waals surface area contributed by atoms with Gasteiger partial charge in [0.2, 0.25) is 0 Å². The molecule has 0 saturated heterocycles. The SMILES string of the molecule is Cn1cc(Nc2ccc(C#N)c([N+](=O)[O-])c2)cn1. The van der Waals surface area contributed by atoms with Crippen LogP contribution in [0.25, 0.3) is 0 Å². The van der Waals surface area contributed by atoms with Crippen molar-refractivity contribution in [2.45, 2.75) is 0 Å². The van der Waals surface area contributed by atoms with Gasteiger partial charge < -0.3 is 5.32 Å². The smallest absolute Gasteiger partial charge is 0.289 e. The zero-order valence-electron chi connectivity index (χ0n) is 9.49. The number of nitrogens with zero attached hydrogens (tertiary/aromatic N) is 4. The van der Waals surface area contributed by atoms with E-state index in [-0.39, 0.29) is 11.3 Å². The lowest BCUT2D eigenvalue weighted by Gasteiger charge is -2.03. The number of benzene rings is 1. The van der Waals surface area contributed by atoms with E-state index in [0.29, 0.717) is 5.69 Å². The molecular formula is C11H9N5O2. The number of rotatable bonds is 3. The Hall–Kier alpha value is -2.88. The summed E-state index contributed by atoms with van der Waals surface area (Å²) in [6.45, 7) is 0. The molecule has 90 valence electrons. The van der Waals surface area contributed by atoms with Crippen molar-refractivity contribution in [1.82, 2.24) is 9.78 Å². The summed E-state index contributed by atoms with van der Waals surface area (Å²) < 4.78 is 1.61. The topological polar surface area (TPSA) is 96.8 Å². The molecule has 0 aliphatic rings. The molecule has 0 radical (unpaired) electrons. The van der Waals surface area contributed by atoms with E-state index < -0.39 is 4.92 Å². The predicted octanol–water partition coefficient (Wildman–Crippen LogP) is 1.94. The molecule has 0 amide bonds. The Bertz CT molecular complexity index is 641. The van der Waals surface area contributed by atoms with E-state index in [0.717, 1.165) is 5.69 Å². The number of nitro groups is 1. The molecule has 0 atom stereocenters. The van der Waals surface area contributed by atoms with E-state index in [1.54, 1.807) is 36.3 Å². The van der Waals surface area contributed by atoms with Gasteiger partial charge >= 0.3 is 0 Å². The van der Waals surface area contributed by atoms with Crippen LogP contribution >= 0.6 is 0 Å². The Morgan fingerprint density at radius 1 is 1.50 bits per heavy atom. The first-order valence-corrected chi connectivity index (χ1v) is 5.04. The van der Waals surface area contributed by atoms with Crippen molar-refractivity contribution < 1.29 is 4.92 Å². The number of hydrogen-bond donors (Lipinski definition) is 1. The largest absolute Gasteiger partial charge is 0.353 e. The molecule has 2 rings (SSSR count). The number of aromatic nitrogens is 2. The standard InChI is InChI=1S/C11H9N5O2/c1-15-7-10(6-13-15)14-9-3-2-8(5-12)11(4-9)16(17)18/h2-4,6-7,14H,1H3. The van der Waals surface area contributed by atoms with Gasteiger partial charge in [-0.15, -0.1) is 0 Å². The Kier molecular flexibility index (Phi) is 2.93. The van der Waals surface area contributed by atoms with Gasteiger partial charge in [-0.25, -0.2) is 0 Å². The molecule has 0 unspecified atom stereocenters. The van der Waals surface area contributed by atoms with Gasteiger partial charge in [-0.3, -0.25) is 14.8 Å². The summed E-state index contributed by atoms with van der Waals surface area (Å²) in [5.41, 5.74) is 1.08. The van der Waals surface area contributed by atoms with Gasteiger partial charge in [0.1, 0.15) is 11.6 Å². The van der Waals surface area contributed by atoms with Crippen LogP contribution < -0.4 is 5.32 Å². The van der Waals surface area contributed by atoms with Gasteiger partial charge in [0.15, 0.2) is 0 Å². The maximum atomic E-state index is 10.8. The van der Waals surface area contributed by atoms with Crippen LogP contribution in [0.2, 0.25) is 0 Å². The molecule has 0 spiro atoms. The molecule has 0 aliphatic heterocycles. The van der Waals surface area contributed by atoms with Gasteiger partial charge in [0.25, 0.3) is 5.69 Å². The van der Waals surface area contributed by atoms with Crippen molar-refractivity contribution in [2.24, 2.45) is 7.05 Å². The van der Waals surface area contributed by atoms with Crippen LogP contribution in [0.5, 0.6) is 0 Å². The normalized spacial score (nSPS) is 9.78. The van der Waals surface area contributed by atoms with Crippen LogP contribution in [0.1, 0.15) is 5.56 Å². The molecule has 7 heteroatoms. The lowest BCUT2D eigenvalue weighted by Crippen LogP contribution is -1.95. The first-order chi connectivity index (χ1) is 8.60. The molecule has 1 N–H and O–H groups in total. The average Bonchev–Trinajstić information content (AvgIpc) is 2.74. The van der Waals surface area contributed by atoms with E-state index in [4.69, 9.17) is 5.26 Å².